The number of rotatable bonds is 3. The number of hydrogen-bond acceptors (Lipinski definition) is 0. The predicted octanol–water partition coefficient (Wildman–Crippen LogP) is 3.43. The Balaban J connectivity index is 2.44. The van der Waals surface area contributed by atoms with Gasteiger partial charge < -0.3 is 0 Å². The zero-order valence-electron chi connectivity index (χ0n) is 8.72. The van der Waals surface area contributed by atoms with Crippen LogP contribution in [0.1, 0.15) is 46.5 Å². The van der Waals surface area contributed by atoms with E-state index in [4.69, 9.17) is 7.85 Å². The van der Waals surface area contributed by atoms with Crippen LogP contribution in [0.25, 0.3) is 0 Å². The Morgan fingerprint density at radius 2 is 2.08 bits per heavy atom. The first-order valence-corrected chi connectivity index (χ1v) is 5.40. The Labute approximate surface area is 78.5 Å². The van der Waals surface area contributed by atoms with Crippen molar-refractivity contribution in [2.24, 2.45) is 17.8 Å². The Kier molecular flexibility index (Phi) is 3.67. The highest BCUT2D eigenvalue weighted by Crippen LogP contribution is 2.40. The zero-order valence-corrected chi connectivity index (χ0v) is 8.72. The summed E-state index contributed by atoms with van der Waals surface area (Å²) in [5, 5.41) is 0. The second-order valence-corrected chi connectivity index (χ2v) is 4.61. The van der Waals surface area contributed by atoms with E-state index in [1.54, 1.807) is 0 Å². The fraction of sp³-hybridized carbons (Fsp3) is 1.00. The standard InChI is InChI=1S/C11H21B/c1-4-11(9(3)12)10-6-5-8(2)7-10/h8-11H,4-7H2,1-3H3. The van der Waals surface area contributed by atoms with Crippen LogP contribution in [0.15, 0.2) is 0 Å². The maximum Gasteiger partial charge on any atom is 0.0699 e. The van der Waals surface area contributed by atoms with Gasteiger partial charge in [0.25, 0.3) is 0 Å². The van der Waals surface area contributed by atoms with Gasteiger partial charge in [0, 0.05) is 0 Å². The van der Waals surface area contributed by atoms with E-state index in [1.165, 1.54) is 25.7 Å². The van der Waals surface area contributed by atoms with Gasteiger partial charge in [-0.1, -0.05) is 39.4 Å². The summed E-state index contributed by atoms with van der Waals surface area (Å²) in [6.07, 6.45) is 5.52. The van der Waals surface area contributed by atoms with E-state index in [0.717, 1.165) is 17.8 Å². The SMILES string of the molecule is [B]C(C)C(CC)C1CCC(C)C1. The van der Waals surface area contributed by atoms with Crippen molar-refractivity contribution in [1.82, 2.24) is 0 Å². The molecule has 0 heterocycles. The van der Waals surface area contributed by atoms with E-state index in [0.29, 0.717) is 5.82 Å². The molecule has 1 heteroatoms. The molecule has 0 amide bonds. The fourth-order valence-electron chi connectivity index (χ4n) is 2.77. The van der Waals surface area contributed by atoms with E-state index in [1.807, 2.05) is 0 Å². The second kappa shape index (κ2) is 4.34. The van der Waals surface area contributed by atoms with Crippen LogP contribution in [0.5, 0.6) is 0 Å². The number of hydrogen-bond donors (Lipinski definition) is 0. The summed E-state index contributed by atoms with van der Waals surface area (Å²) in [5.74, 6) is 3.04. The van der Waals surface area contributed by atoms with E-state index < -0.39 is 0 Å². The summed E-state index contributed by atoms with van der Waals surface area (Å²) in [6.45, 7) is 6.81. The van der Waals surface area contributed by atoms with Crippen LogP contribution < -0.4 is 0 Å². The molecular formula is C11H21B. The van der Waals surface area contributed by atoms with Crippen molar-refractivity contribution < 1.29 is 0 Å². The summed E-state index contributed by atoms with van der Waals surface area (Å²) in [6, 6.07) is 0. The molecule has 1 aliphatic carbocycles. The van der Waals surface area contributed by atoms with Crippen LogP contribution in [-0.2, 0) is 0 Å². The van der Waals surface area contributed by atoms with Crippen LogP contribution in [-0.4, -0.2) is 7.85 Å². The minimum absolute atomic E-state index is 0.394. The first-order valence-electron chi connectivity index (χ1n) is 5.40. The molecule has 0 aromatic carbocycles. The summed E-state index contributed by atoms with van der Waals surface area (Å²) < 4.78 is 0. The minimum atomic E-state index is 0.394. The van der Waals surface area contributed by atoms with Crippen molar-refractivity contribution in [3.8, 4) is 0 Å². The molecule has 1 aliphatic rings. The third-order valence-corrected chi connectivity index (χ3v) is 3.49. The Morgan fingerprint density at radius 3 is 2.42 bits per heavy atom. The average molecular weight is 164 g/mol. The highest BCUT2D eigenvalue weighted by atomic mass is 14.3. The minimum Gasteiger partial charge on any atom is -0.0771 e. The molecular weight excluding hydrogens is 143 g/mol. The molecule has 0 aromatic heterocycles. The third-order valence-electron chi connectivity index (χ3n) is 3.49. The molecule has 1 rings (SSSR count). The average Bonchev–Trinajstić information content (AvgIpc) is 2.37. The van der Waals surface area contributed by atoms with Gasteiger partial charge >= 0.3 is 0 Å². The van der Waals surface area contributed by atoms with Crippen molar-refractivity contribution in [3.63, 3.8) is 0 Å². The van der Waals surface area contributed by atoms with Crippen molar-refractivity contribution in [2.45, 2.75) is 52.3 Å². The van der Waals surface area contributed by atoms with E-state index in [-0.39, 0.29) is 0 Å². The van der Waals surface area contributed by atoms with Gasteiger partial charge in [-0.3, -0.25) is 0 Å². The molecule has 4 unspecified atom stereocenters. The lowest BCUT2D eigenvalue weighted by molar-refractivity contribution is 0.313. The molecule has 0 nitrogen and oxygen atoms in total. The summed E-state index contributed by atoms with van der Waals surface area (Å²) in [7, 11) is 5.97. The van der Waals surface area contributed by atoms with Gasteiger partial charge in [0.05, 0.1) is 7.85 Å². The van der Waals surface area contributed by atoms with E-state index >= 15 is 0 Å². The van der Waals surface area contributed by atoms with E-state index in [9.17, 15) is 0 Å². The molecule has 68 valence electrons. The second-order valence-electron chi connectivity index (χ2n) is 4.61. The third kappa shape index (κ3) is 2.28. The molecule has 0 bridgehead atoms. The first kappa shape index (κ1) is 10.1. The molecule has 0 spiro atoms. The van der Waals surface area contributed by atoms with Crippen LogP contribution in [0, 0.1) is 17.8 Å². The quantitative estimate of drug-likeness (QED) is 0.560. The van der Waals surface area contributed by atoms with Gasteiger partial charge in [-0.05, 0) is 30.6 Å². The molecule has 1 fully saturated rings. The highest BCUT2D eigenvalue weighted by molar-refractivity contribution is 6.11. The van der Waals surface area contributed by atoms with Crippen LogP contribution in [0.3, 0.4) is 0 Å². The summed E-state index contributed by atoms with van der Waals surface area (Å²) in [5.41, 5.74) is 0. The van der Waals surface area contributed by atoms with Crippen molar-refractivity contribution >= 4 is 7.85 Å². The molecule has 0 saturated heterocycles. The predicted molar refractivity (Wildman–Crippen MR) is 55.5 cm³/mol. The normalized spacial score (nSPS) is 34.9. The molecule has 0 aliphatic heterocycles. The molecule has 0 N–H and O–H groups in total. The summed E-state index contributed by atoms with van der Waals surface area (Å²) in [4.78, 5) is 0. The molecule has 0 aromatic rings. The summed E-state index contributed by atoms with van der Waals surface area (Å²) >= 11 is 0. The lowest BCUT2D eigenvalue weighted by Gasteiger charge is -2.26. The van der Waals surface area contributed by atoms with E-state index in [2.05, 4.69) is 20.8 Å². The van der Waals surface area contributed by atoms with Gasteiger partial charge in [-0.15, -0.1) is 0 Å². The smallest absolute Gasteiger partial charge is 0.0699 e. The Morgan fingerprint density at radius 1 is 1.42 bits per heavy atom. The lowest BCUT2D eigenvalue weighted by atomic mass is 9.70. The fourth-order valence-corrected chi connectivity index (χ4v) is 2.77. The van der Waals surface area contributed by atoms with Crippen LogP contribution >= 0.6 is 0 Å². The largest absolute Gasteiger partial charge is 0.0771 e. The molecule has 12 heavy (non-hydrogen) atoms. The maximum atomic E-state index is 5.97. The Hall–Kier alpha value is 0.0649. The van der Waals surface area contributed by atoms with Crippen molar-refractivity contribution in [1.29, 1.82) is 0 Å². The maximum absolute atomic E-state index is 5.97. The van der Waals surface area contributed by atoms with Gasteiger partial charge in [0.2, 0.25) is 0 Å². The topological polar surface area (TPSA) is 0 Å². The monoisotopic (exact) mass is 164 g/mol. The van der Waals surface area contributed by atoms with Crippen LogP contribution in [0.2, 0.25) is 5.82 Å². The lowest BCUT2D eigenvalue weighted by Crippen LogP contribution is -2.15. The Bertz CT molecular complexity index is 131. The zero-order chi connectivity index (χ0) is 9.14. The van der Waals surface area contributed by atoms with Gasteiger partial charge in [-0.2, -0.15) is 0 Å². The van der Waals surface area contributed by atoms with Gasteiger partial charge in [-0.25, -0.2) is 0 Å². The highest BCUT2D eigenvalue weighted by Gasteiger charge is 2.28. The van der Waals surface area contributed by atoms with Gasteiger partial charge in [0.1, 0.15) is 0 Å². The molecule has 1 saturated carbocycles. The van der Waals surface area contributed by atoms with Crippen molar-refractivity contribution in [2.75, 3.05) is 0 Å². The van der Waals surface area contributed by atoms with Crippen molar-refractivity contribution in [3.05, 3.63) is 0 Å². The molecule has 4 atom stereocenters. The van der Waals surface area contributed by atoms with Gasteiger partial charge in [0.15, 0.2) is 0 Å². The van der Waals surface area contributed by atoms with Crippen LogP contribution in [0.4, 0.5) is 0 Å². The molecule has 2 radical (unpaired) electrons. The first-order chi connectivity index (χ1) is 5.65.